The van der Waals surface area contributed by atoms with Crippen molar-refractivity contribution >= 4 is 22.4 Å². The summed E-state index contributed by atoms with van der Waals surface area (Å²) in [6.45, 7) is 2.03. The first-order valence-electron chi connectivity index (χ1n) is 11.1. The topological polar surface area (TPSA) is 12.5 Å². The fourth-order valence-electron chi connectivity index (χ4n) is 4.04. The Morgan fingerprint density at radius 3 is 2.18 bits per heavy atom. The number of halogens is 4. The van der Waals surface area contributed by atoms with Gasteiger partial charge in [-0.2, -0.15) is 13.2 Å². The van der Waals surface area contributed by atoms with Crippen molar-refractivity contribution in [3.8, 4) is 5.75 Å². The molecule has 0 aliphatic heterocycles. The molecule has 0 aliphatic carbocycles. The van der Waals surface area contributed by atoms with E-state index in [1.54, 1.807) is 6.07 Å². The second-order valence-electron chi connectivity index (χ2n) is 8.14. The summed E-state index contributed by atoms with van der Waals surface area (Å²) in [7, 11) is 0. The van der Waals surface area contributed by atoms with Crippen LogP contribution in [0.5, 0.6) is 5.75 Å². The van der Waals surface area contributed by atoms with Gasteiger partial charge >= 0.3 is 6.18 Å². The Morgan fingerprint density at radius 2 is 1.38 bits per heavy atom. The molecular weight excluding hydrogens is 459 g/mol. The molecule has 0 atom stereocenters. The highest BCUT2D eigenvalue weighted by molar-refractivity contribution is 6.32. The number of rotatable bonds is 9. The Bertz CT molecular complexity index is 1220. The Morgan fingerprint density at radius 1 is 0.735 bits per heavy atom. The minimum Gasteiger partial charge on any atom is -0.494 e. The fourth-order valence-corrected chi connectivity index (χ4v) is 4.33. The molecule has 6 heteroatoms. The number of hydrogen-bond donors (Lipinski definition) is 0. The number of alkyl halides is 3. The van der Waals surface area contributed by atoms with Gasteiger partial charge in [0.25, 0.3) is 0 Å². The summed E-state index contributed by atoms with van der Waals surface area (Å²) in [5, 5.41) is 2.02. The van der Waals surface area contributed by atoms with Gasteiger partial charge in [-0.1, -0.05) is 84.4 Å². The van der Waals surface area contributed by atoms with E-state index in [0.29, 0.717) is 31.8 Å². The van der Waals surface area contributed by atoms with Crippen LogP contribution in [0.25, 0.3) is 10.8 Å². The lowest BCUT2D eigenvalue weighted by atomic mass is 10.0. The molecule has 0 radical (unpaired) electrons. The minimum atomic E-state index is -4.49. The molecule has 176 valence electrons. The van der Waals surface area contributed by atoms with Crippen molar-refractivity contribution in [3.05, 3.63) is 113 Å². The van der Waals surface area contributed by atoms with Crippen molar-refractivity contribution in [2.45, 2.75) is 25.7 Å². The summed E-state index contributed by atoms with van der Waals surface area (Å²) < 4.78 is 46.0. The van der Waals surface area contributed by atoms with Crippen LogP contribution in [-0.2, 0) is 19.3 Å². The molecule has 0 bridgehead atoms. The van der Waals surface area contributed by atoms with Crippen molar-refractivity contribution in [3.63, 3.8) is 0 Å². The van der Waals surface area contributed by atoms with Crippen LogP contribution in [-0.4, -0.2) is 18.1 Å². The first-order valence-corrected chi connectivity index (χ1v) is 11.5. The largest absolute Gasteiger partial charge is 0.494 e. The first-order chi connectivity index (χ1) is 16.4. The number of fused-ring (bicyclic) bond motifs is 1. The normalized spacial score (nSPS) is 11.8. The van der Waals surface area contributed by atoms with Crippen molar-refractivity contribution in [1.29, 1.82) is 0 Å². The fraction of sp³-hybridized carbons (Fsp3) is 0.214. The van der Waals surface area contributed by atoms with Gasteiger partial charge in [0.15, 0.2) is 0 Å². The maximum atomic E-state index is 13.4. The van der Waals surface area contributed by atoms with E-state index < -0.39 is 11.7 Å². The van der Waals surface area contributed by atoms with Gasteiger partial charge in [0.2, 0.25) is 0 Å². The quantitative estimate of drug-likeness (QED) is 0.224. The van der Waals surface area contributed by atoms with Crippen LogP contribution in [0.2, 0.25) is 5.02 Å². The molecule has 0 unspecified atom stereocenters. The van der Waals surface area contributed by atoms with Crippen molar-refractivity contribution in [1.82, 2.24) is 4.90 Å². The number of benzene rings is 4. The zero-order valence-electron chi connectivity index (χ0n) is 18.6. The van der Waals surface area contributed by atoms with Gasteiger partial charge in [-0.15, -0.1) is 0 Å². The number of ether oxygens (including phenoxy) is 1. The third-order valence-electron chi connectivity index (χ3n) is 5.68. The Labute approximate surface area is 202 Å². The molecule has 34 heavy (non-hydrogen) atoms. The lowest BCUT2D eigenvalue weighted by Crippen LogP contribution is -2.26. The van der Waals surface area contributed by atoms with Crippen LogP contribution in [0.15, 0.2) is 91.0 Å². The average molecular weight is 484 g/mol. The molecule has 4 aromatic rings. The summed E-state index contributed by atoms with van der Waals surface area (Å²) in [5.74, 6) is 0.795. The van der Waals surface area contributed by atoms with E-state index in [9.17, 15) is 13.2 Å². The average Bonchev–Trinajstić information content (AvgIpc) is 2.83. The predicted molar refractivity (Wildman–Crippen MR) is 131 cm³/mol. The maximum Gasteiger partial charge on any atom is 0.417 e. The summed E-state index contributed by atoms with van der Waals surface area (Å²) in [5.41, 5.74) is 0.773. The third-order valence-corrected chi connectivity index (χ3v) is 6.13. The van der Waals surface area contributed by atoms with E-state index in [-0.39, 0.29) is 5.02 Å². The number of para-hydroxylation sites is 1. The van der Waals surface area contributed by atoms with Crippen LogP contribution in [0, 0.1) is 0 Å². The highest BCUT2D eigenvalue weighted by Gasteiger charge is 2.34. The van der Waals surface area contributed by atoms with Crippen molar-refractivity contribution < 1.29 is 17.9 Å². The molecule has 0 heterocycles. The summed E-state index contributed by atoms with van der Waals surface area (Å²) >= 11 is 6.21. The van der Waals surface area contributed by atoms with Crippen LogP contribution < -0.4 is 4.74 Å². The molecule has 0 amide bonds. The zero-order chi connectivity index (χ0) is 24.0. The van der Waals surface area contributed by atoms with Crippen molar-refractivity contribution in [2.24, 2.45) is 0 Å². The van der Waals surface area contributed by atoms with Gasteiger partial charge in [-0.05, 0) is 46.5 Å². The lowest BCUT2D eigenvalue weighted by Gasteiger charge is -2.24. The summed E-state index contributed by atoms with van der Waals surface area (Å²) in [6, 6.07) is 27.9. The minimum absolute atomic E-state index is 0.238. The maximum absolute atomic E-state index is 13.4. The smallest absolute Gasteiger partial charge is 0.417 e. The summed E-state index contributed by atoms with van der Waals surface area (Å²) in [4.78, 5) is 2.12. The zero-order valence-corrected chi connectivity index (χ0v) is 19.3. The molecule has 0 spiro atoms. The van der Waals surface area contributed by atoms with E-state index in [4.69, 9.17) is 16.3 Å². The molecule has 0 fully saturated rings. The molecule has 4 rings (SSSR count). The lowest BCUT2D eigenvalue weighted by molar-refractivity contribution is -0.137. The SMILES string of the molecule is FC(F)(F)c1cccc(CN(CCCOc2ccccc2)Cc2cccc3ccccc23)c1Cl. The van der Waals surface area contributed by atoms with Gasteiger partial charge in [-0.25, -0.2) is 0 Å². The molecule has 0 N–H and O–H groups in total. The van der Waals surface area contributed by atoms with Gasteiger partial charge in [0.1, 0.15) is 5.75 Å². The highest BCUT2D eigenvalue weighted by atomic mass is 35.5. The van der Waals surface area contributed by atoms with E-state index in [1.165, 1.54) is 6.07 Å². The van der Waals surface area contributed by atoms with E-state index >= 15 is 0 Å². The molecule has 0 saturated carbocycles. The van der Waals surface area contributed by atoms with Crippen molar-refractivity contribution in [2.75, 3.05) is 13.2 Å². The Balaban J connectivity index is 1.54. The van der Waals surface area contributed by atoms with Crippen LogP contribution in [0.1, 0.15) is 23.1 Å². The highest BCUT2D eigenvalue weighted by Crippen LogP contribution is 2.36. The Hall–Kier alpha value is -3.02. The van der Waals surface area contributed by atoms with Gasteiger partial charge in [0.05, 0.1) is 17.2 Å². The van der Waals surface area contributed by atoms with Gasteiger partial charge in [0, 0.05) is 19.6 Å². The van der Waals surface area contributed by atoms with Crippen LogP contribution in [0.3, 0.4) is 0 Å². The predicted octanol–water partition coefficient (Wildman–Crippen LogP) is 7.98. The second-order valence-corrected chi connectivity index (χ2v) is 8.52. The third kappa shape index (κ3) is 6.10. The molecule has 2 nitrogen and oxygen atoms in total. The standard InChI is InChI=1S/C28H25ClF3NO/c29-27-23(12-7-16-26(27)28(30,31)32)20-33(17-8-18-34-24-13-2-1-3-14-24)19-22-11-6-10-21-9-4-5-15-25(21)22/h1-7,9-16H,8,17-20H2. The van der Waals surface area contributed by atoms with E-state index in [2.05, 4.69) is 29.2 Å². The van der Waals surface area contributed by atoms with Gasteiger partial charge in [-0.3, -0.25) is 4.90 Å². The molecule has 0 aromatic heterocycles. The molecule has 0 aliphatic rings. The van der Waals surface area contributed by atoms with Crippen LogP contribution in [0.4, 0.5) is 13.2 Å². The monoisotopic (exact) mass is 483 g/mol. The van der Waals surface area contributed by atoms with E-state index in [0.717, 1.165) is 34.6 Å². The number of nitrogens with zero attached hydrogens (tertiary/aromatic N) is 1. The summed E-state index contributed by atoms with van der Waals surface area (Å²) in [6.07, 6.45) is -3.77. The molecular formula is C28H25ClF3NO. The second kappa shape index (κ2) is 10.9. The molecule has 0 saturated heterocycles. The van der Waals surface area contributed by atoms with Crippen LogP contribution >= 0.6 is 11.6 Å². The van der Waals surface area contributed by atoms with E-state index in [1.807, 2.05) is 48.5 Å². The number of hydrogen-bond acceptors (Lipinski definition) is 2. The Kier molecular flexibility index (Phi) is 7.76. The first kappa shape index (κ1) is 24.1. The van der Waals surface area contributed by atoms with Gasteiger partial charge < -0.3 is 4.74 Å². The molecule has 4 aromatic carbocycles.